The molecule has 0 fully saturated rings. The topological polar surface area (TPSA) is 12.0 Å². The van der Waals surface area contributed by atoms with Gasteiger partial charge in [0.2, 0.25) is 0 Å². The van der Waals surface area contributed by atoms with Gasteiger partial charge in [0.05, 0.1) is 0 Å². The first-order chi connectivity index (χ1) is 9.01. The van der Waals surface area contributed by atoms with Crippen LogP contribution in [-0.2, 0) is 0 Å². The summed E-state index contributed by atoms with van der Waals surface area (Å²) in [6, 6.07) is 2.62. The third-order valence-electron chi connectivity index (χ3n) is 3.64. The molecule has 0 bridgehead atoms. The molecule has 0 aromatic heterocycles. The highest BCUT2D eigenvalue weighted by Gasteiger charge is 2.22. The van der Waals surface area contributed by atoms with E-state index < -0.39 is 11.6 Å². The number of rotatable bonds is 7. The zero-order valence-electron chi connectivity index (χ0n) is 12.4. The van der Waals surface area contributed by atoms with Crippen LogP contribution in [0.2, 0.25) is 0 Å². The van der Waals surface area contributed by atoms with Crippen LogP contribution in [0.25, 0.3) is 0 Å². The van der Waals surface area contributed by atoms with Crippen molar-refractivity contribution in [3.05, 3.63) is 34.9 Å². The van der Waals surface area contributed by atoms with E-state index in [-0.39, 0.29) is 11.6 Å². The Bertz CT molecular complexity index is 404. The smallest absolute Gasteiger partial charge is 0.133 e. The normalized spacial score (nSPS) is 14.4. The monoisotopic (exact) mass is 269 g/mol. The van der Waals surface area contributed by atoms with E-state index in [1.54, 1.807) is 6.92 Å². The van der Waals surface area contributed by atoms with Crippen molar-refractivity contribution in [2.75, 3.05) is 6.54 Å². The molecule has 0 saturated carbocycles. The van der Waals surface area contributed by atoms with Crippen LogP contribution in [0.4, 0.5) is 8.78 Å². The Labute approximate surface area is 115 Å². The van der Waals surface area contributed by atoms with Crippen molar-refractivity contribution >= 4 is 0 Å². The summed E-state index contributed by atoms with van der Waals surface area (Å²) in [6.45, 7) is 8.72. The maximum Gasteiger partial charge on any atom is 0.133 e. The molecule has 3 heteroatoms. The molecule has 0 radical (unpaired) electrons. The zero-order valence-corrected chi connectivity index (χ0v) is 12.4. The molecule has 0 spiro atoms. The van der Waals surface area contributed by atoms with Gasteiger partial charge in [-0.15, -0.1) is 0 Å². The van der Waals surface area contributed by atoms with Crippen molar-refractivity contribution < 1.29 is 8.78 Å². The third kappa shape index (κ3) is 4.27. The van der Waals surface area contributed by atoms with Crippen LogP contribution in [-0.4, -0.2) is 6.54 Å². The molecule has 1 rings (SSSR count). The Hall–Kier alpha value is -0.960. The maximum atomic E-state index is 14.2. The number of nitrogens with one attached hydrogen (secondary N) is 1. The second-order valence-corrected chi connectivity index (χ2v) is 5.35. The van der Waals surface area contributed by atoms with E-state index in [4.69, 9.17) is 0 Å². The lowest BCUT2D eigenvalue weighted by molar-refractivity contribution is 0.379. The molecule has 2 unspecified atom stereocenters. The molecule has 1 aromatic rings. The molecule has 0 aliphatic rings. The predicted octanol–water partition coefficient (Wildman–Crippen LogP) is 4.75. The second kappa shape index (κ2) is 7.59. The van der Waals surface area contributed by atoms with Gasteiger partial charge in [0, 0.05) is 11.6 Å². The number of benzene rings is 1. The summed E-state index contributed by atoms with van der Waals surface area (Å²) in [5, 5.41) is 3.28. The molecule has 1 aromatic carbocycles. The van der Waals surface area contributed by atoms with Gasteiger partial charge in [-0.1, -0.05) is 33.3 Å². The fraction of sp³-hybridized carbons (Fsp3) is 0.625. The van der Waals surface area contributed by atoms with Gasteiger partial charge in [-0.2, -0.15) is 0 Å². The zero-order chi connectivity index (χ0) is 14.4. The van der Waals surface area contributed by atoms with Gasteiger partial charge in [0.15, 0.2) is 0 Å². The van der Waals surface area contributed by atoms with Gasteiger partial charge in [0.25, 0.3) is 0 Å². The number of halogens is 2. The van der Waals surface area contributed by atoms with Crippen LogP contribution in [0.3, 0.4) is 0 Å². The van der Waals surface area contributed by atoms with Crippen molar-refractivity contribution in [1.82, 2.24) is 5.32 Å². The van der Waals surface area contributed by atoms with Gasteiger partial charge in [-0.25, -0.2) is 8.78 Å². The largest absolute Gasteiger partial charge is 0.310 e. The van der Waals surface area contributed by atoms with E-state index in [0.29, 0.717) is 11.5 Å². The van der Waals surface area contributed by atoms with Crippen molar-refractivity contribution in [3.8, 4) is 0 Å². The lowest BCUT2D eigenvalue weighted by Gasteiger charge is -2.23. The fourth-order valence-corrected chi connectivity index (χ4v) is 2.19. The molecule has 0 aliphatic heterocycles. The van der Waals surface area contributed by atoms with Crippen LogP contribution in [0.1, 0.15) is 57.2 Å². The van der Waals surface area contributed by atoms with Crippen LogP contribution in [0.15, 0.2) is 12.1 Å². The maximum absolute atomic E-state index is 14.2. The molecule has 2 atom stereocenters. The molecular weight excluding hydrogens is 244 g/mol. The summed E-state index contributed by atoms with van der Waals surface area (Å²) in [5.74, 6) is -0.411. The van der Waals surface area contributed by atoms with Crippen molar-refractivity contribution in [2.45, 2.75) is 53.0 Å². The summed E-state index contributed by atoms with van der Waals surface area (Å²) >= 11 is 0. The van der Waals surface area contributed by atoms with Crippen molar-refractivity contribution in [3.63, 3.8) is 0 Å². The first-order valence-electron chi connectivity index (χ1n) is 7.19. The number of hydrogen-bond donors (Lipinski definition) is 1. The van der Waals surface area contributed by atoms with Crippen LogP contribution in [0, 0.1) is 24.5 Å². The average molecular weight is 269 g/mol. The SMILES string of the molecule is CCCNC(CC(C)CC)c1c(F)ccc(C)c1F. The Morgan fingerprint density at radius 1 is 1.21 bits per heavy atom. The summed E-state index contributed by atoms with van der Waals surface area (Å²) < 4.78 is 28.2. The molecule has 0 heterocycles. The highest BCUT2D eigenvalue weighted by molar-refractivity contribution is 5.29. The Balaban J connectivity index is 3.05. The first kappa shape index (κ1) is 16.1. The lowest BCUT2D eigenvalue weighted by atomic mass is 9.92. The molecule has 0 saturated heterocycles. The predicted molar refractivity (Wildman–Crippen MR) is 76.2 cm³/mol. The second-order valence-electron chi connectivity index (χ2n) is 5.35. The van der Waals surface area contributed by atoms with Crippen LogP contribution >= 0.6 is 0 Å². The lowest BCUT2D eigenvalue weighted by Crippen LogP contribution is -2.26. The van der Waals surface area contributed by atoms with E-state index in [2.05, 4.69) is 26.1 Å². The molecule has 1 nitrogen and oxygen atoms in total. The first-order valence-corrected chi connectivity index (χ1v) is 7.19. The van der Waals surface area contributed by atoms with Crippen LogP contribution < -0.4 is 5.32 Å². The highest BCUT2D eigenvalue weighted by atomic mass is 19.1. The molecule has 0 amide bonds. The van der Waals surface area contributed by atoms with E-state index in [1.807, 2.05) is 0 Å². The van der Waals surface area contributed by atoms with Crippen LogP contribution in [0.5, 0.6) is 0 Å². The van der Waals surface area contributed by atoms with Crippen molar-refractivity contribution in [2.24, 2.45) is 5.92 Å². The minimum atomic E-state index is -0.444. The fourth-order valence-electron chi connectivity index (χ4n) is 2.19. The van der Waals surface area contributed by atoms with E-state index in [0.717, 1.165) is 25.8 Å². The van der Waals surface area contributed by atoms with Gasteiger partial charge in [0.1, 0.15) is 11.6 Å². The van der Waals surface area contributed by atoms with E-state index >= 15 is 0 Å². The number of hydrogen-bond acceptors (Lipinski definition) is 1. The molecule has 108 valence electrons. The number of aryl methyl sites for hydroxylation is 1. The van der Waals surface area contributed by atoms with E-state index in [1.165, 1.54) is 12.1 Å². The Kier molecular flexibility index (Phi) is 6.43. The van der Waals surface area contributed by atoms with E-state index in [9.17, 15) is 8.78 Å². The van der Waals surface area contributed by atoms with Gasteiger partial charge < -0.3 is 5.32 Å². The average Bonchev–Trinajstić information content (AvgIpc) is 2.40. The molecule has 19 heavy (non-hydrogen) atoms. The molecule has 1 N–H and O–H groups in total. The highest BCUT2D eigenvalue weighted by Crippen LogP contribution is 2.29. The van der Waals surface area contributed by atoms with Gasteiger partial charge >= 0.3 is 0 Å². The quantitative estimate of drug-likeness (QED) is 0.753. The Morgan fingerprint density at radius 2 is 1.89 bits per heavy atom. The third-order valence-corrected chi connectivity index (χ3v) is 3.64. The van der Waals surface area contributed by atoms with Gasteiger partial charge in [-0.05, 0) is 43.9 Å². The minimum Gasteiger partial charge on any atom is -0.310 e. The summed E-state index contributed by atoms with van der Waals surface area (Å²) in [4.78, 5) is 0. The van der Waals surface area contributed by atoms with Crippen molar-refractivity contribution in [1.29, 1.82) is 0 Å². The Morgan fingerprint density at radius 3 is 2.47 bits per heavy atom. The minimum absolute atomic E-state index is 0.203. The van der Waals surface area contributed by atoms with Gasteiger partial charge in [-0.3, -0.25) is 0 Å². The summed E-state index contributed by atoms with van der Waals surface area (Å²) in [5.41, 5.74) is 0.706. The molecule has 0 aliphatic carbocycles. The standard InChI is InChI=1S/C16H25F2N/c1-5-9-19-14(10-11(3)6-2)15-13(17)8-7-12(4)16(15)18/h7-8,11,14,19H,5-6,9-10H2,1-4H3. The summed E-state index contributed by atoms with van der Waals surface area (Å²) in [7, 11) is 0. The molecular formula is C16H25F2N. The summed E-state index contributed by atoms with van der Waals surface area (Å²) in [6.07, 6.45) is 2.72.